The van der Waals surface area contributed by atoms with Crippen LogP contribution in [0.4, 0.5) is 4.39 Å². The number of H-pyrrole nitrogens is 1. The molecule has 5 rings (SSSR count). The lowest BCUT2D eigenvalue weighted by Crippen LogP contribution is -2.13. The van der Waals surface area contributed by atoms with Crippen LogP contribution in [0.2, 0.25) is 0 Å². The molecule has 3 aromatic carbocycles. The van der Waals surface area contributed by atoms with E-state index >= 15 is 0 Å². The smallest absolute Gasteiger partial charge is 0.292 e. The number of aromatic nitrogens is 3. The van der Waals surface area contributed by atoms with Crippen LogP contribution in [-0.2, 0) is 0 Å². The highest BCUT2D eigenvalue weighted by Crippen LogP contribution is 2.22. The summed E-state index contributed by atoms with van der Waals surface area (Å²) in [6.07, 6.45) is 5.31. The van der Waals surface area contributed by atoms with Gasteiger partial charge in [-0.05, 0) is 29.2 Å². The third-order valence-corrected chi connectivity index (χ3v) is 4.46. The highest BCUT2D eigenvalue weighted by atomic mass is 19.1. The molecular weight excluding hydrogens is 317 g/mol. The molecule has 5 heteroatoms. The molecule has 0 aliphatic heterocycles. The van der Waals surface area contributed by atoms with Gasteiger partial charge in [0, 0.05) is 23.0 Å². The third kappa shape index (κ3) is 1.99. The van der Waals surface area contributed by atoms with Gasteiger partial charge in [-0.3, -0.25) is 9.20 Å². The average molecular weight is 329 g/mol. The first-order chi connectivity index (χ1) is 12.2. The maximum absolute atomic E-state index is 13.6. The van der Waals surface area contributed by atoms with Crippen LogP contribution >= 0.6 is 0 Å². The Morgan fingerprint density at radius 1 is 1.08 bits per heavy atom. The Morgan fingerprint density at radius 3 is 2.76 bits per heavy atom. The van der Waals surface area contributed by atoms with Crippen LogP contribution in [0.5, 0.6) is 0 Å². The van der Waals surface area contributed by atoms with Crippen LogP contribution in [-0.4, -0.2) is 14.4 Å². The summed E-state index contributed by atoms with van der Waals surface area (Å²) in [5, 5.41) is 2.88. The SMILES string of the molecule is O=c1[nH]c2c3ccccc3c(=Cc3cccc(F)c3)c2n2ccnc12. The lowest BCUT2D eigenvalue weighted by molar-refractivity contribution is 0.627. The van der Waals surface area contributed by atoms with Gasteiger partial charge >= 0.3 is 0 Å². The van der Waals surface area contributed by atoms with Gasteiger partial charge in [-0.15, -0.1) is 0 Å². The van der Waals surface area contributed by atoms with Crippen molar-refractivity contribution in [3.63, 3.8) is 0 Å². The maximum Gasteiger partial charge on any atom is 0.292 e. The van der Waals surface area contributed by atoms with E-state index in [1.165, 1.54) is 12.1 Å². The Balaban J connectivity index is 2.07. The van der Waals surface area contributed by atoms with Crippen molar-refractivity contribution >= 4 is 33.5 Å². The number of aromatic amines is 1. The molecule has 2 aromatic heterocycles. The van der Waals surface area contributed by atoms with Gasteiger partial charge < -0.3 is 4.98 Å². The largest absolute Gasteiger partial charge is 0.317 e. The Labute approximate surface area is 140 Å². The van der Waals surface area contributed by atoms with Gasteiger partial charge in [0.1, 0.15) is 5.82 Å². The van der Waals surface area contributed by atoms with E-state index in [-0.39, 0.29) is 11.4 Å². The van der Waals surface area contributed by atoms with Crippen LogP contribution < -0.4 is 10.8 Å². The van der Waals surface area contributed by atoms with E-state index in [0.29, 0.717) is 5.65 Å². The lowest BCUT2D eigenvalue weighted by Gasteiger charge is -1.98. The average Bonchev–Trinajstić information content (AvgIpc) is 3.20. The minimum absolute atomic E-state index is 0.231. The zero-order valence-electron chi connectivity index (χ0n) is 13.0. The Morgan fingerprint density at radius 2 is 1.92 bits per heavy atom. The number of hydrogen-bond acceptors (Lipinski definition) is 2. The second-order valence-electron chi connectivity index (χ2n) is 5.96. The second-order valence-corrected chi connectivity index (χ2v) is 5.96. The first-order valence-corrected chi connectivity index (χ1v) is 7.89. The first-order valence-electron chi connectivity index (χ1n) is 7.89. The molecule has 0 unspecified atom stereocenters. The number of fused-ring (bicyclic) bond motifs is 5. The fraction of sp³-hybridized carbons (Fsp3) is 0. The minimum Gasteiger partial charge on any atom is -0.317 e. The Bertz CT molecular complexity index is 1380. The van der Waals surface area contributed by atoms with Crippen LogP contribution in [0.25, 0.3) is 33.5 Å². The van der Waals surface area contributed by atoms with E-state index < -0.39 is 0 Å². The summed E-state index contributed by atoms with van der Waals surface area (Å²) < 4.78 is 15.4. The van der Waals surface area contributed by atoms with Crippen molar-refractivity contribution in [1.82, 2.24) is 14.4 Å². The van der Waals surface area contributed by atoms with Crippen molar-refractivity contribution in [3.05, 3.63) is 87.9 Å². The minimum atomic E-state index is -0.282. The molecule has 25 heavy (non-hydrogen) atoms. The first kappa shape index (κ1) is 13.9. The van der Waals surface area contributed by atoms with E-state index in [4.69, 9.17) is 0 Å². The molecule has 2 heterocycles. The summed E-state index contributed by atoms with van der Waals surface area (Å²) in [5.74, 6) is -0.282. The van der Waals surface area contributed by atoms with E-state index in [0.717, 1.165) is 32.6 Å². The molecule has 0 saturated carbocycles. The zero-order valence-corrected chi connectivity index (χ0v) is 13.0. The van der Waals surface area contributed by atoms with Crippen molar-refractivity contribution in [1.29, 1.82) is 0 Å². The normalized spacial score (nSPS) is 12.6. The highest BCUT2D eigenvalue weighted by molar-refractivity contribution is 6.10. The maximum atomic E-state index is 13.6. The summed E-state index contributed by atoms with van der Waals surface area (Å²) in [6, 6.07) is 14.3. The third-order valence-electron chi connectivity index (χ3n) is 4.46. The molecule has 0 atom stereocenters. The number of rotatable bonds is 1. The number of benzene rings is 2. The topological polar surface area (TPSA) is 50.2 Å². The molecule has 0 bridgehead atoms. The van der Waals surface area contributed by atoms with Crippen LogP contribution in [0.1, 0.15) is 5.56 Å². The van der Waals surface area contributed by atoms with Gasteiger partial charge in [0.25, 0.3) is 5.56 Å². The van der Waals surface area contributed by atoms with Crippen molar-refractivity contribution < 1.29 is 4.39 Å². The summed E-state index contributed by atoms with van der Waals surface area (Å²) in [6.45, 7) is 0. The van der Waals surface area contributed by atoms with Crippen LogP contribution in [0, 0.1) is 5.82 Å². The molecule has 0 amide bonds. The van der Waals surface area contributed by atoms with Crippen LogP contribution in [0.3, 0.4) is 0 Å². The quantitative estimate of drug-likeness (QED) is 0.514. The van der Waals surface area contributed by atoms with Gasteiger partial charge in [-0.2, -0.15) is 0 Å². The Kier molecular flexibility index (Phi) is 2.79. The number of nitrogens with one attached hydrogen (secondary N) is 1. The molecule has 0 spiro atoms. The van der Waals surface area contributed by atoms with E-state index in [2.05, 4.69) is 9.97 Å². The molecule has 0 aliphatic rings. The summed E-state index contributed by atoms with van der Waals surface area (Å²) in [7, 11) is 0. The predicted molar refractivity (Wildman–Crippen MR) is 96.0 cm³/mol. The van der Waals surface area contributed by atoms with Gasteiger partial charge in [-0.25, -0.2) is 9.37 Å². The van der Waals surface area contributed by atoms with Gasteiger partial charge in [0.2, 0.25) is 5.65 Å². The molecule has 0 aliphatic carbocycles. The molecule has 1 N–H and O–H groups in total. The molecule has 0 radical (unpaired) electrons. The molecule has 0 fully saturated rings. The van der Waals surface area contributed by atoms with E-state index in [9.17, 15) is 9.18 Å². The second kappa shape index (κ2) is 5.01. The van der Waals surface area contributed by atoms with Gasteiger partial charge in [0.05, 0.1) is 11.0 Å². The van der Waals surface area contributed by atoms with E-state index in [1.54, 1.807) is 22.9 Å². The monoisotopic (exact) mass is 329 g/mol. The van der Waals surface area contributed by atoms with E-state index in [1.807, 2.05) is 36.4 Å². The van der Waals surface area contributed by atoms with Crippen molar-refractivity contribution in [2.45, 2.75) is 0 Å². The predicted octanol–water partition coefficient (Wildman–Crippen LogP) is 3.02. The fourth-order valence-electron chi connectivity index (χ4n) is 3.43. The standard InChI is InChI=1S/C20H12FN3O/c21-13-5-3-4-12(10-13)11-16-14-6-1-2-7-15(14)17-18(16)24-9-8-22-19(24)20(25)23-17/h1-11H,(H,23,25). The van der Waals surface area contributed by atoms with Crippen molar-refractivity contribution in [3.8, 4) is 0 Å². The number of imidazole rings is 1. The fourth-order valence-corrected chi connectivity index (χ4v) is 3.43. The zero-order chi connectivity index (χ0) is 17.0. The van der Waals surface area contributed by atoms with Crippen molar-refractivity contribution in [2.24, 2.45) is 0 Å². The Hall–Kier alpha value is -3.47. The van der Waals surface area contributed by atoms with Crippen LogP contribution in [0.15, 0.2) is 65.7 Å². The summed E-state index contributed by atoms with van der Waals surface area (Å²) in [4.78, 5) is 19.4. The van der Waals surface area contributed by atoms with Gasteiger partial charge in [0.15, 0.2) is 0 Å². The highest BCUT2D eigenvalue weighted by Gasteiger charge is 2.13. The number of nitrogens with zero attached hydrogens (tertiary/aromatic N) is 2. The lowest BCUT2D eigenvalue weighted by atomic mass is 10.1. The molecule has 120 valence electrons. The molecular formula is C20H12FN3O. The number of halogens is 1. The number of hydrogen-bond donors (Lipinski definition) is 1. The molecule has 5 aromatic rings. The summed E-state index contributed by atoms with van der Waals surface area (Å²) in [5.41, 5.74) is 2.49. The van der Waals surface area contributed by atoms with Crippen molar-refractivity contribution in [2.75, 3.05) is 0 Å². The molecule has 0 saturated heterocycles. The summed E-state index contributed by atoms with van der Waals surface area (Å²) >= 11 is 0. The molecule has 4 nitrogen and oxygen atoms in total. The van der Waals surface area contributed by atoms with Gasteiger partial charge in [-0.1, -0.05) is 36.4 Å².